The van der Waals surface area contributed by atoms with Gasteiger partial charge in [-0.15, -0.1) is 0 Å². The van der Waals surface area contributed by atoms with Gasteiger partial charge in [-0.25, -0.2) is 0 Å². The van der Waals surface area contributed by atoms with Crippen LogP contribution >= 0.6 is 6.49 Å². The summed E-state index contributed by atoms with van der Waals surface area (Å²) in [6.45, 7) is 4.38. The van der Waals surface area contributed by atoms with Gasteiger partial charge in [0.05, 0.1) is 12.2 Å². The quantitative estimate of drug-likeness (QED) is 0.650. The Labute approximate surface area is 79.8 Å². The number of hydrogen-bond donors (Lipinski definition) is 0. The van der Waals surface area contributed by atoms with Gasteiger partial charge in [0, 0.05) is 12.6 Å². The van der Waals surface area contributed by atoms with Crippen LogP contribution in [0.2, 0.25) is 0 Å². The first-order valence-electron chi connectivity index (χ1n) is 4.51. The Morgan fingerprint density at radius 2 is 1.83 bits per heavy atom. The van der Waals surface area contributed by atoms with E-state index in [9.17, 15) is 0 Å². The Hall–Kier alpha value is 0.570. The van der Waals surface area contributed by atoms with Crippen molar-refractivity contribution in [2.45, 2.75) is 45.8 Å². The summed E-state index contributed by atoms with van der Waals surface area (Å²) < 4.78 is 11.4. The van der Waals surface area contributed by atoms with Gasteiger partial charge < -0.3 is 9.05 Å². The third kappa shape index (κ3) is 2.81. The maximum atomic E-state index is 5.69. The van der Waals surface area contributed by atoms with Gasteiger partial charge >= 0.3 is 0 Å². The summed E-state index contributed by atoms with van der Waals surface area (Å²) in [5.74, 6) is 0. The predicted molar refractivity (Wildman–Crippen MR) is 55.2 cm³/mol. The van der Waals surface area contributed by atoms with E-state index in [4.69, 9.17) is 20.9 Å². The van der Waals surface area contributed by atoms with Crippen LogP contribution in [0.15, 0.2) is 0 Å². The van der Waals surface area contributed by atoms with Crippen LogP contribution in [-0.2, 0) is 20.9 Å². The van der Waals surface area contributed by atoms with Crippen molar-refractivity contribution in [1.29, 1.82) is 0 Å². The first kappa shape index (κ1) is 10.6. The highest BCUT2D eigenvalue weighted by molar-refractivity contribution is 8.09. The van der Waals surface area contributed by atoms with Crippen LogP contribution in [0.5, 0.6) is 0 Å². The van der Waals surface area contributed by atoms with E-state index < -0.39 is 6.49 Å². The van der Waals surface area contributed by atoms with E-state index in [2.05, 4.69) is 20.8 Å². The molecular formula is C8H17O2PS. The molecule has 1 rings (SSSR count). The van der Waals surface area contributed by atoms with Crippen molar-refractivity contribution in [3.63, 3.8) is 0 Å². The molecule has 0 aliphatic carbocycles. The Bertz CT molecular complexity index is 181. The molecule has 1 saturated heterocycles. The average Bonchev–Trinajstić information content (AvgIpc) is 1.82. The maximum Gasteiger partial charge on any atom is 0.189 e. The molecule has 0 N–H and O–H groups in total. The topological polar surface area (TPSA) is 18.5 Å². The standard InChI is InChI=1S/C8H17O2PS/c1-4-5-11(12)9-7(2)6-8(3)10-11/h7-8H,4-6H2,1-3H3. The molecule has 2 nitrogen and oxygen atoms in total. The second kappa shape index (κ2) is 4.19. The zero-order chi connectivity index (χ0) is 9.19. The lowest BCUT2D eigenvalue weighted by Gasteiger charge is -2.34. The summed E-state index contributed by atoms with van der Waals surface area (Å²) >= 11 is 5.37. The van der Waals surface area contributed by atoms with Gasteiger partial charge in [0.2, 0.25) is 0 Å². The highest BCUT2D eigenvalue weighted by atomic mass is 32.5. The second-order valence-corrected chi connectivity index (χ2v) is 7.16. The van der Waals surface area contributed by atoms with Crippen molar-refractivity contribution in [3.05, 3.63) is 0 Å². The zero-order valence-corrected chi connectivity index (χ0v) is 9.66. The van der Waals surface area contributed by atoms with Crippen molar-refractivity contribution in [1.82, 2.24) is 0 Å². The van der Waals surface area contributed by atoms with Gasteiger partial charge in [0.15, 0.2) is 6.49 Å². The smallest absolute Gasteiger partial charge is 0.189 e. The molecule has 0 aromatic heterocycles. The van der Waals surface area contributed by atoms with Crippen molar-refractivity contribution in [2.24, 2.45) is 0 Å². The molecule has 4 heteroatoms. The van der Waals surface area contributed by atoms with Gasteiger partial charge in [-0.1, -0.05) is 6.92 Å². The van der Waals surface area contributed by atoms with E-state index in [0.29, 0.717) is 0 Å². The Balaban J connectivity index is 2.59. The highest BCUT2D eigenvalue weighted by Crippen LogP contribution is 2.54. The molecule has 0 radical (unpaired) electrons. The van der Waals surface area contributed by atoms with Crippen LogP contribution in [0.3, 0.4) is 0 Å². The van der Waals surface area contributed by atoms with Gasteiger partial charge in [0.25, 0.3) is 0 Å². The molecule has 0 aromatic carbocycles. The summed E-state index contributed by atoms with van der Waals surface area (Å²) in [4.78, 5) is 0. The number of hydrogen-bond acceptors (Lipinski definition) is 3. The van der Waals surface area contributed by atoms with Crippen molar-refractivity contribution in [2.75, 3.05) is 6.16 Å². The minimum atomic E-state index is -1.89. The molecule has 0 bridgehead atoms. The van der Waals surface area contributed by atoms with Crippen LogP contribution < -0.4 is 0 Å². The predicted octanol–water partition coefficient (Wildman–Crippen LogP) is 2.92. The fourth-order valence-electron chi connectivity index (χ4n) is 1.51. The Morgan fingerprint density at radius 3 is 2.25 bits per heavy atom. The molecule has 1 heterocycles. The molecule has 1 aliphatic heterocycles. The normalized spacial score (nSPS) is 42.9. The van der Waals surface area contributed by atoms with Gasteiger partial charge in [-0.3, -0.25) is 0 Å². The monoisotopic (exact) mass is 208 g/mol. The number of rotatable bonds is 2. The van der Waals surface area contributed by atoms with E-state index in [1.807, 2.05) is 0 Å². The van der Waals surface area contributed by atoms with Crippen LogP contribution in [-0.4, -0.2) is 18.4 Å². The molecule has 0 spiro atoms. The molecule has 12 heavy (non-hydrogen) atoms. The fraction of sp³-hybridized carbons (Fsp3) is 1.00. The van der Waals surface area contributed by atoms with E-state index in [0.717, 1.165) is 19.0 Å². The van der Waals surface area contributed by atoms with E-state index >= 15 is 0 Å². The molecule has 0 amide bonds. The average molecular weight is 208 g/mol. The minimum Gasteiger partial charge on any atom is -0.326 e. The minimum absolute atomic E-state index is 0.283. The summed E-state index contributed by atoms with van der Waals surface area (Å²) in [6, 6.07) is 0. The largest absolute Gasteiger partial charge is 0.326 e. The fourth-order valence-corrected chi connectivity index (χ4v) is 5.01. The van der Waals surface area contributed by atoms with Crippen LogP contribution in [0, 0.1) is 0 Å². The maximum absolute atomic E-state index is 5.69. The third-order valence-corrected chi connectivity index (χ3v) is 5.26. The second-order valence-electron chi connectivity index (χ2n) is 3.40. The third-order valence-electron chi connectivity index (χ3n) is 1.84. The lowest BCUT2D eigenvalue weighted by molar-refractivity contribution is 0.0707. The molecular weight excluding hydrogens is 191 g/mol. The molecule has 0 saturated carbocycles. The van der Waals surface area contributed by atoms with E-state index in [1.165, 1.54) is 0 Å². The summed E-state index contributed by atoms with van der Waals surface area (Å²) in [5, 5.41) is 0. The first-order chi connectivity index (χ1) is 5.56. The van der Waals surface area contributed by atoms with Gasteiger partial charge in [-0.2, -0.15) is 0 Å². The molecule has 0 aromatic rings. The van der Waals surface area contributed by atoms with Crippen LogP contribution in [0.25, 0.3) is 0 Å². The molecule has 72 valence electrons. The molecule has 1 aliphatic rings. The van der Waals surface area contributed by atoms with Crippen LogP contribution in [0.4, 0.5) is 0 Å². The molecule has 2 unspecified atom stereocenters. The Kier molecular flexibility index (Phi) is 3.72. The van der Waals surface area contributed by atoms with E-state index in [1.54, 1.807) is 0 Å². The van der Waals surface area contributed by atoms with Gasteiger partial charge in [0.1, 0.15) is 0 Å². The summed E-state index contributed by atoms with van der Waals surface area (Å²) in [5.41, 5.74) is 0. The zero-order valence-electron chi connectivity index (χ0n) is 7.95. The van der Waals surface area contributed by atoms with Crippen molar-refractivity contribution in [3.8, 4) is 0 Å². The molecule has 1 fully saturated rings. The lowest BCUT2D eigenvalue weighted by Crippen LogP contribution is -2.24. The Morgan fingerprint density at radius 1 is 1.33 bits per heavy atom. The van der Waals surface area contributed by atoms with Crippen molar-refractivity contribution >= 4 is 18.3 Å². The summed E-state index contributed by atoms with van der Waals surface area (Å²) in [6.07, 6.45) is 3.51. The lowest BCUT2D eigenvalue weighted by atomic mass is 10.2. The SMILES string of the molecule is CCCP1(=S)OC(C)CC(C)O1. The summed E-state index contributed by atoms with van der Waals surface area (Å²) in [7, 11) is 0. The van der Waals surface area contributed by atoms with E-state index in [-0.39, 0.29) is 12.2 Å². The molecule has 2 atom stereocenters. The van der Waals surface area contributed by atoms with Gasteiger partial charge in [-0.05, 0) is 32.1 Å². The first-order valence-corrected chi connectivity index (χ1v) is 7.34. The van der Waals surface area contributed by atoms with Crippen LogP contribution in [0.1, 0.15) is 33.6 Å². The highest BCUT2D eigenvalue weighted by Gasteiger charge is 2.29. The van der Waals surface area contributed by atoms with Crippen molar-refractivity contribution < 1.29 is 9.05 Å².